The van der Waals surface area contributed by atoms with Gasteiger partial charge in [-0.2, -0.15) is 0 Å². The summed E-state index contributed by atoms with van der Waals surface area (Å²) >= 11 is 0. The molecule has 2 aliphatic carbocycles. The molecule has 1 heteroatoms. The summed E-state index contributed by atoms with van der Waals surface area (Å²) in [5, 5.41) is 0. The van der Waals surface area contributed by atoms with Gasteiger partial charge in [-0.05, 0) is 36.2 Å². The van der Waals surface area contributed by atoms with Gasteiger partial charge in [0.25, 0.3) is 0 Å². The Morgan fingerprint density at radius 1 is 1.17 bits per heavy atom. The van der Waals surface area contributed by atoms with Crippen LogP contribution in [0.1, 0.15) is 45.6 Å². The predicted octanol–water partition coefficient (Wildman–Crippen LogP) is 4.47. The molecule has 0 aliphatic heterocycles. The molecule has 0 N–H and O–H groups in total. The van der Waals surface area contributed by atoms with Gasteiger partial charge < -0.3 is 0 Å². The molecule has 0 radical (unpaired) electrons. The minimum atomic E-state index is 0.354. The van der Waals surface area contributed by atoms with Crippen LogP contribution in [-0.4, -0.2) is 5.71 Å². The van der Waals surface area contributed by atoms with Crippen molar-refractivity contribution in [1.82, 2.24) is 0 Å². The summed E-state index contributed by atoms with van der Waals surface area (Å²) in [7, 11) is 0. The Morgan fingerprint density at radius 2 is 1.89 bits per heavy atom. The molecule has 2 unspecified atom stereocenters. The highest BCUT2D eigenvalue weighted by molar-refractivity contribution is 5.94. The summed E-state index contributed by atoms with van der Waals surface area (Å²) in [6, 6.07) is 10.6. The molecule has 0 saturated heterocycles. The van der Waals surface area contributed by atoms with E-state index >= 15 is 0 Å². The molecule has 0 aromatic heterocycles. The van der Waals surface area contributed by atoms with Crippen LogP contribution in [0.4, 0.5) is 0 Å². The van der Waals surface area contributed by atoms with Gasteiger partial charge in [0.1, 0.15) is 0 Å². The van der Waals surface area contributed by atoms with Gasteiger partial charge in [-0.25, -0.2) is 0 Å². The van der Waals surface area contributed by atoms with Crippen LogP contribution < -0.4 is 0 Å². The fourth-order valence-electron chi connectivity index (χ4n) is 3.94. The lowest BCUT2D eigenvalue weighted by Gasteiger charge is -2.34. The molecule has 0 heterocycles. The fraction of sp³-hybridized carbons (Fsp3) is 0.588. The first-order valence-electron chi connectivity index (χ1n) is 7.12. The molecule has 3 rings (SSSR count). The number of fused-ring (bicyclic) bond motifs is 2. The highest BCUT2D eigenvalue weighted by atomic mass is 14.8. The third-order valence-corrected chi connectivity index (χ3v) is 5.81. The molecule has 18 heavy (non-hydrogen) atoms. The van der Waals surface area contributed by atoms with Crippen LogP contribution in [-0.2, 0) is 6.54 Å². The molecule has 0 spiro atoms. The van der Waals surface area contributed by atoms with Gasteiger partial charge in [0.05, 0.1) is 6.54 Å². The minimum absolute atomic E-state index is 0.354. The van der Waals surface area contributed by atoms with Crippen molar-refractivity contribution in [1.29, 1.82) is 0 Å². The zero-order valence-electron chi connectivity index (χ0n) is 11.7. The number of aliphatic imine (C=N–C) groups is 1. The predicted molar refractivity (Wildman–Crippen MR) is 76.8 cm³/mol. The van der Waals surface area contributed by atoms with Crippen LogP contribution in [0, 0.1) is 16.7 Å². The Bertz CT molecular complexity index is 472. The lowest BCUT2D eigenvalue weighted by Crippen LogP contribution is -2.32. The van der Waals surface area contributed by atoms with Crippen LogP contribution in [0.2, 0.25) is 0 Å². The zero-order valence-corrected chi connectivity index (χ0v) is 11.7. The Kier molecular flexibility index (Phi) is 2.62. The van der Waals surface area contributed by atoms with Crippen molar-refractivity contribution in [2.24, 2.45) is 21.7 Å². The van der Waals surface area contributed by atoms with Crippen molar-refractivity contribution in [3.05, 3.63) is 35.9 Å². The number of rotatable bonds is 2. The highest BCUT2D eigenvalue weighted by Gasteiger charge is 2.59. The van der Waals surface area contributed by atoms with Crippen LogP contribution in [0.15, 0.2) is 35.3 Å². The summed E-state index contributed by atoms with van der Waals surface area (Å²) in [6.45, 7) is 8.17. The molecule has 2 aliphatic rings. The molecule has 2 bridgehead atoms. The molecule has 2 fully saturated rings. The lowest BCUT2D eigenvalue weighted by molar-refractivity contribution is 0.194. The highest BCUT2D eigenvalue weighted by Crippen LogP contribution is 2.64. The Hall–Kier alpha value is -1.11. The van der Waals surface area contributed by atoms with E-state index in [1.807, 2.05) is 0 Å². The van der Waals surface area contributed by atoms with E-state index in [-0.39, 0.29) is 0 Å². The van der Waals surface area contributed by atoms with E-state index in [1.165, 1.54) is 30.5 Å². The van der Waals surface area contributed by atoms with Gasteiger partial charge >= 0.3 is 0 Å². The van der Waals surface area contributed by atoms with Gasteiger partial charge in [-0.1, -0.05) is 51.1 Å². The normalized spacial score (nSPS) is 35.3. The van der Waals surface area contributed by atoms with Gasteiger partial charge in [0.2, 0.25) is 0 Å². The Morgan fingerprint density at radius 3 is 2.44 bits per heavy atom. The molecule has 2 saturated carbocycles. The SMILES string of the molecule is CC12CCC(C/C1=N\Cc1ccccc1)C2(C)C. The number of benzene rings is 1. The van der Waals surface area contributed by atoms with Crippen LogP contribution in [0.25, 0.3) is 0 Å². The first kappa shape index (κ1) is 12.0. The van der Waals surface area contributed by atoms with Crippen LogP contribution in [0.5, 0.6) is 0 Å². The first-order valence-corrected chi connectivity index (χ1v) is 7.12. The lowest BCUT2D eigenvalue weighted by atomic mass is 9.70. The van der Waals surface area contributed by atoms with E-state index in [9.17, 15) is 0 Å². The van der Waals surface area contributed by atoms with Gasteiger partial charge in [0, 0.05) is 11.1 Å². The standard InChI is InChI=1S/C17H23N/c1-16(2)14-9-10-17(16,3)15(11-14)18-12-13-7-5-4-6-8-13/h4-8,14H,9-12H2,1-3H3/b18-15+. The molecule has 2 atom stereocenters. The fourth-order valence-corrected chi connectivity index (χ4v) is 3.94. The number of hydrogen-bond donors (Lipinski definition) is 0. The van der Waals surface area contributed by atoms with Gasteiger partial charge in [-0.15, -0.1) is 0 Å². The average Bonchev–Trinajstić information content (AvgIpc) is 2.70. The maximum absolute atomic E-state index is 4.96. The monoisotopic (exact) mass is 241 g/mol. The smallest absolute Gasteiger partial charge is 0.0639 e. The minimum Gasteiger partial charge on any atom is -0.289 e. The summed E-state index contributed by atoms with van der Waals surface area (Å²) in [4.78, 5) is 4.96. The maximum Gasteiger partial charge on any atom is 0.0639 e. The second-order valence-corrected chi connectivity index (χ2v) is 6.74. The molecule has 96 valence electrons. The Labute approximate surface area is 110 Å². The molecule has 1 nitrogen and oxygen atoms in total. The number of hydrogen-bond acceptors (Lipinski definition) is 1. The Balaban J connectivity index is 1.83. The van der Waals surface area contributed by atoms with E-state index in [2.05, 4.69) is 51.1 Å². The van der Waals surface area contributed by atoms with E-state index in [0.29, 0.717) is 10.8 Å². The summed E-state index contributed by atoms with van der Waals surface area (Å²) < 4.78 is 0. The average molecular weight is 241 g/mol. The van der Waals surface area contributed by atoms with Crippen LogP contribution in [0.3, 0.4) is 0 Å². The van der Waals surface area contributed by atoms with E-state index < -0.39 is 0 Å². The zero-order chi connectivity index (χ0) is 12.8. The second kappa shape index (κ2) is 3.94. The van der Waals surface area contributed by atoms with Gasteiger partial charge in [-0.3, -0.25) is 4.99 Å². The second-order valence-electron chi connectivity index (χ2n) is 6.74. The van der Waals surface area contributed by atoms with E-state index in [0.717, 1.165) is 12.5 Å². The molecular weight excluding hydrogens is 218 g/mol. The van der Waals surface area contributed by atoms with Crippen molar-refractivity contribution in [3.63, 3.8) is 0 Å². The molecule has 0 amide bonds. The summed E-state index contributed by atoms with van der Waals surface area (Å²) in [5.41, 5.74) is 3.61. The third kappa shape index (κ3) is 1.56. The summed E-state index contributed by atoms with van der Waals surface area (Å²) in [5.74, 6) is 0.858. The first-order chi connectivity index (χ1) is 8.54. The third-order valence-electron chi connectivity index (χ3n) is 5.81. The van der Waals surface area contributed by atoms with Crippen molar-refractivity contribution < 1.29 is 0 Å². The largest absolute Gasteiger partial charge is 0.289 e. The van der Waals surface area contributed by atoms with Crippen LogP contribution >= 0.6 is 0 Å². The van der Waals surface area contributed by atoms with Crippen molar-refractivity contribution >= 4 is 5.71 Å². The topological polar surface area (TPSA) is 12.4 Å². The van der Waals surface area contributed by atoms with Crippen molar-refractivity contribution in [2.45, 2.75) is 46.6 Å². The summed E-state index contributed by atoms with van der Waals surface area (Å²) in [6.07, 6.45) is 3.96. The number of nitrogens with zero attached hydrogens (tertiary/aromatic N) is 1. The van der Waals surface area contributed by atoms with Gasteiger partial charge in [0.15, 0.2) is 0 Å². The molecular formula is C17H23N. The molecule has 1 aromatic carbocycles. The van der Waals surface area contributed by atoms with Crippen molar-refractivity contribution in [2.75, 3.05) is 0 Å². The quantitative estimate of drug-likeness (QED) is 0.724. The maximum atomic E-state index is 4.96. The molecule has 1 aromatic rings. The van der Waals surface area contributed by atoms with Crippen molar-refractivity contribution in [3.8, 4) is 0 Å². The van der Waals surface area contributed by atoms with E-state index in [1.54, 1.807) is 0 Å². The van der Waals surface area contributed by atoms with E-state index in [4.69, 9.17) is 4.99 Å².